The summed E-state index contributed by atoms with van der Waals surface area (Å²) in [6, 6.07) is 15.0. The maximum atomic E-state index is 5.83. The van der Waals surface area contributed by atoms with Gasteiger partial charge in [-0.15, -0.1) is 0 Å². The van der Waals surface area contributed by atoms with Crippen molar-refractivity contribution < 1.29 is 4.74 Å². The van der Waals surface area contributed by atoms with Gasteiger partial charge in [0.05, 0.1) is 13.7 Å². The van der Waals surface area contributed by atoms with Gasteiger partial charge in [0.2, 0.25) is 0 Å². The number of aliphatic imine (C=N–C) groups is 1. The molecule has 0 aliphatic rings. The lowest BCUT2D eigenvalue weighted by molar-refractivity contribution is 0.414. The molecule has 0 radical (unpaired) electrons. The monoisotopic (exact) mass is 289 g/mol. The Labute approximate surface area is 123 Å². The van der Waals surface area contributed by atoms with E-state index in [4.69, 9.17) is 22.1 Å². The largest absolute Gasteiger partial charge is 0.497 e. The van der Waals surface area contributed by atoms with E-state index in [0.29, 0.717) is 17.5 Å². The van der Waals surface area contributed by atoms with Crippen molar-refractivity contribution in [3.8, 4) is 5.75 Å². The fourth-order valence-corrected chi connectivity index (χ4v) is 1.75. The lowest BCUT2D eigenvalue weighted by Crippen LogP contribution is -2.22. The molecule has 2 rings (SSSR count). The van der Waals surface area contributed by atoms with E-state index < -0.39 is 0 Å². The van der Waals surface area contributed by atoms with Gasteiger partial charge in [0, 0.05) is 10.7 Å². The van der Waals surface area contributed by atoms with Crippen molar-refractivity contribution in [1.82, 2.24) is 0 Å². The fourth-order valence-electron chi connectivity index (χ4n) is 1.63. The maximum Gasteiger partial charge on any atom is 0.193 e. The molecule has 2 aromatic carbocycles. The molecular formula is C15H16ClN3O. The summed E-state index contributed by atoms with van der Waals surface area (Å²) in [5, 5.41) is 3.69. The summed E-state index contributed by atoms with van der Waals surface area (Å²) in [7, 11) is 1.64. The second kappa shape index (κ2) is 6.82. The molecule has 3 N–H and O–H groups in total. The molecule has 0 saturated heterocycles. The molecule has 0 unspecified atom stereocenters. The Balaban J connectivity index is 1.94. The number of guanidine groups is 1. The zero-order valence-corrected chi connectivity index (χ0v) is 11.9. The summed E-state index contributed by atoms with van der Waals surface area (Å²) in [6.07, 6.45) is 0. The topological polar surface area (TPSA) is 59.6 Å². The molecule has 0 heterocycles. The van der Waals surface area contributed by atoms with Crippen LogP contribution in [-0.4, -0.2) is 13.1 Å². The second-order valence-corrected chi connectivity index (χ2v) is 4.62. The standard InChI is InChI=1S/C15H16ClN3O/c1-20-14-8-2-11(3-9-14)10-18-15(17)19-13-6-4-12(16)5-7-13/h2-9H,10H2,1H3,(H3,17,18,19). The van der Waals surface area contributed by atoms with Crippen LogP contribution in [0.5, 0.6) is 5.75 Å². The first-order chi connectivity index (χ1) is 9.67. The van der Waals surface area contributed by atoms with E-state index in [0.717, 1.165) is 17.0 Å². The van der Waals surface area contributed by atoms with E-state index in [1.807, 2.05) is 36.4 Å². The van der Waals surface area contributed by atoms with Crippen LogP contribution >= 0.6 is 11.6 Å². The van der Waals surface area contributed by atoms with E-state index in [9.17, 15) is 0 Å². The first-order valence-corrected chi connectivity index (χ1v) is 6.50. The molecule has 4 nitrogen and oxygen atoms in total. The van der Waals surface area contributed by atoms with E-state index in [2.05, 4.69) is 10.3 Å². The highest BCUT2D eigenvalue weighted by atomic mass is 35.5. The number of rotatable bonds is 4. The number of anilines is 1. The van der Waals surface area contributed by atoms with Crippen LogP contribution in [0.2, 0.25) is 5.02 Å². The molecule has 104 valence electrons. The number of hydrogen-bond donors (Lipinski definition) is 2. The molecule has 0 saturated carbocycles. The molecule has 0 aliphatic carbocycles. The highest BCUT2D eigenvalue weighted by Gasteiger charge is 1.97. The minimum absolute atomic E-state index is 0.364. The third-order valence-corrected chi connectivity index (χ3v) is 2.96. The van der Waals surface area contributed by atoms with Crippen molar-refractivity contribution in [2.45, 2.75) is 6.54 Å². The van der Waals surface area contributed by atoms with Crippen LogP contribution < -0.4 is 15.8 Å². The number of nitrogens with zero attached hydrogens (tertiary/aromatic N) is 1. The Morgan fingerprint density at radius 3 is 2.40 bits per heavy atom. The Hall–Kier alpha value is -2.20. The molecule has 0 atom stereocenters. The Morgan fingerprint density at radius 2 is 1.80 bits per heavy atom. The highest BCUT2D eigenvalue weighted by Crippen LogP contribution is 2.14. The van der Waals surface area contributed by atoms with Gasteiger partial charge in [-0.05, 0) is 42.0 Å². The van der Waals surface area contributed by atoms with Gasteiger partial charge in [-0.1, -0.05) is 23.7 Å². The summed E-state index contributed by atoms with van der Waals surface area (Å²) < 4.78 is 5.10. The molecular weight excluding hydrogens is 274 g/mol. The first kappa shape index (κ1) is 14.2. The smallest absolute Gasteiger partial charge is 0.193 e. The fraction of sp³-hybridized carbons (Fsp3) is 0.133. The Morgan fingerprint density at radius 1 is 1.15 bits per heavy atom. The summed E-state index contributed by atoms with van der Waals surface area (Å²) in [5.41, 5.74) is 7.74. The van der Waals surface area contributed by atoms with Crippen molar-refractivity contribution in [3.05, 3.63) is 59.1 Å². The average molecular weight is 290 g/mol. The highest BCUT2D eigenvalue weighted by molar-refractivity contribution is 6.30. The van der Waals surface area contributed by atoms with E-state index in [1.165, 1.54) is 0 Å². The average Bonchev–Trinajstić information content (AvgIpc) is 2.48. The van der Waals surface area contributed by atoms with Gasteiger partial charge in [-0.2, -0.15) is 0 Å². The second-order valence-electron chi connectivity index (χ2n) is 4.18. The van der Waals surface area contributed by atoms with E-state index in [-0.39, 0.29) is 0 Å². The van der Waals surface area contributed by atoms with Gasteiger partial charge in [-0.25, -0.2) is 4.99 Å². The van der Waals surface area contributed by atoms with Gasteiger partial charge >= 0.3 is 0 Å². The Bertz CT molecular complexity index is 579. The lowest BCUT2D eigenvalue weighted by atomic mass is 10.2. The number of methoxy groups -OCH3 is 1. The number of hydrogen-bond acceptors (Lipinski definition) is 2. The SMILES string of the molecule is COc1ccc(CN=C(N)Nc2ccc(Cl)cc2)cc1. The van der Waals surface area contributed by atoms with Crippen LogP contribution in [0, 0.1) is 0 Å². The molecule has 0 aromatic heterocycles. The molecule has 2 aromatic rings. The van der Waals surface area contributed by atoms with Crippen molar-refractivity contribution in [1.29, 1.82) is 0 Å². The number of ether oxygens (including phenoxy) is 1. The third-order valence-electron chi connectivity index (χ3n) is 2.71. The van der Waals surface area contributed by atoms with Crippen LogP contribution in [0.25, 0.3) is 0 Å². The van der Waals surface area contributed by atoms with Gasteiger partial charge in [-0.3, -0.25) is 0 Å². The van der Waals surface area contributed by atoms with Crippen LogP contribution in [-0.2, 0) is 6.54 Å². The van der Waals surface area contributed by atoms with E-state index >= 15 is 0 Å². The van der Waals surface area contributed by atoms with Crippen molar-refractivity contribution in [3.63, 3.8) is 0 Å². The lowest BCUT2D eigenvalue weighted by Gasteiger charge is -2.06. The maximum absolute atomic E-state index is 5.83. The van der Waals surface area contributed by atoms with Gasteiger partial charge in [0.25, 0.3) is 0 Å². The molecule has 0 aliphatic heterocycles. The number of halogens is 1. The van der Waals surface area contributed by atoms with Crippen molar-refractivity contribution in [2.75, 3.05) is 12.4 Å². The number of nitrogens with one attached hydrogen (secondary N) is 1. The molecule has 0 bridgehead atoms. The number of benzene rings is 2. The minimum Gasteiger partial charge on any atom is -0.497 e. The first-order valence-electron chi connectivity index (χ1n) is 6.13. The predicted molar refractivity (Wildman–Crippen MR) is 83.4 cm³/mol. The van der Waals surface area contributed by atoms with Crippen LogP contribution in [0.3, 0.4) is 0 Å². The van der Waals surface area contributed by atoms with E-state index in [1.54, 1.807) is 19.2 Å². The third kappa shape index (κ3) is 4.17. The van der Waals surface area contributed by atoms with Crippen LogP contribution in [0.15, 0.2) is 53.5 Å². The van der Waals surface area contributed by atoms with Gasteiger partial charge in [0.15, 0.2) is 5.96 Å². The molecule has 0 spiro atoms. The van der Waals surface area contributed by atoms with Crippen molar-refractivity contribution in [2.24, 2.45) is 10.7 Å². The summed E-state index contributed by atoms with van der Waals surface area (Å²) in [4.78, 5) is 4.28. The molecule has 20 heavy (non-hydrogen) atoms. The van der Waals surface area contributed by atoms with Crippen LogP contribution in [0.4, 0.5) is 5.69 Å². The molecule has 0 fully saturated rings. The minimum atomic E-state index is 0.364. The quantitative estimate of drug-likeness (QED) is 0.671. The van der Waals surface area contributed by atoms with Gasteiger partial charge in [0.1, 0.15) is 5.75 Å². The van der Waals surface area contributed by atoms with Crippen LogP contribution in [0.1, 0.15) is 5.56 Å². The summed E-state index contributed by atoms with van der Waals surface area (Å²) in [5.74, 6) is 1.19. The zero-order valence-electron chi connectivity index (χ0n) is 11.1. The summed E-state index contributed by atoms with van der Waals surface area (Å²) >= 11 is 5.81. The van der Waals surface area contributed by atoms with Crippen molar-refractivity contribution >= 4 is 23.2 Å². The molecule has 0 amide bonds. The normalized spacial score (nSPS) is 11.2. The molecule has 5 heteroatoms. The predicted octanol–water partition coefficient (Wildman–Crippen LogP) is 3.28. The summed E-state index contributed by atoms with van der Waals surface area (Å²) in [6.45, 7) is 0.510. The van der Waals surface area contributed by atoms with Gasteiger partial charge < -0.3 is 15.8 Å². The zero-order chi connectivity index (χ0) is 14.4. The Kier molecular flexibility index (Phi) is 4.85. The number of nitrogens with two attached hydrogens (primary N) is 1.